The largest absolute Gasteiger partial charge is 0.295 e. The minimum atomic E-state index is -0.326. The van der Waals surface area contributed by atoms with Gasteiger partial charge in [-0.2, -0.15) is 0 Å². The van der Waals surface area contributed by atoms with Crippen molar-refractivity contribution in [2.24, 2.45) is 0 Å². The summed E-state index contributed by atoms with van der Waals surface area (Å²) in [6, 6.07) is 14.0. The van der Waals surface area contributed by atoms with E-state index in [2.05, 4.69) is 4.98 Å². The van der Waals surface area contributed by atoms with Gasteiger partial charge in [-0.1, -0.05) is 18.2 Å². The molecule has 0 N–H and O–H groups in total. The molecule has 1 aromatic heterocycles. The number of aromatic nitrogens is 1. The third-order valence-electron chi connectivity index (χ3n) is 3.57. The minimum absolute atomic E-state index is 0.0524. The molecule has 0 radical (unpaired) electrons. The fraction of sp³-hybridized carbons (Fsp3) is 0.111. The van der Waals surface area contributed by atoms with E-state index in [9.17, 15) is 9.18 Å². The number of fused-ring (bicyclic) bond motifs is 1. The van der Waals surface area contributed by atoms with Gasteiger partial charge in [-0.3, -0.25) is 9.78 Å². The second-order valence-electron chi connectivity index (χ2n) is 5.02. The third-order valence-corrected chi connectivity index (χ3v) is 3.57. The second-order valence-corrected chi connectivity index (χ2v) is 5.02. The Morgan fingerprint density at radius 2 is 1.90 bits per heavy atom. The lowest BCUT2D eigenvalue weighted by Crippen LogP contribution is -2.02. The molecule has 104 valence electrons. The number of para-hydroxylation sites is 1. The summed E-state index contributed by atoms with van der Waals surface area (Å²) in [6.07, 6.45) is 2.25. The van der Waals surface area contributed by atoms with Gasteiger partial charge in [0.25, 0.3) is 0 Å². The standard InChI is InChI=1S/C18H14FNO/c1-12(21)16-7-6-15(19)11-14(16)10-13-8-9-20-18-5-3-2-4-17(13)18/h2-9,11H,10H2,1H3. The van der Waals surface area contributed by atoms with E-state index < -0.39 is 0 Å². The SMILES string of the molecule is CC(=O)c1ccc(F)cc1Cc1ccnc2ccccc12. The van der Waals surface area contributed by atoms with Gasteiger partial charge in [0, 0.05) is 17.1 Å². The number of ketones is 1. The highest BCUT2D eigenvalue weighted by Gasteiger charge is 2.11. The Labute approximate surface area is 122 Å². The maximum absolute atomic E-state index is 13.5. The molecule has 0 spiro atoms. The zero-order valence-corrected chi connectivity index (χ0v) is 11.6. The molecule has 0 aliphatic carbocycles. The molecule has 0 bridgehead atoms. The molecule has 0 unspecified atom stereocenters. The van der Waals surface area contributed by atoms with Crippen molar-refractivity contribution in [3.63, 3.8) is 0 Å². The first kappa shape index (κ1) is 13.4. The van der Waals surface area contributed by atoms with Gasteiger partial charge in [0.15, 0.2) is 5.78 Å². The summed E-state index contributed by atoms with van der Waals surface area (Å²) < 4.78 is 13.5. The van der Waals surface area contributed by atoms with E-state index in [-0.39, 0.29) is 11.6 Å². The van der Waals surface area contributed by atoms with Crippen LogP contribution in [-0.2, 0) is 6.42 Å². The Morgan fingerprint density at radius 1 is 1.10 bits per heavy atom. The highest BCUT2D eigenvalue weighted by Crippen LogP contribution is 2.22. The molecule has 0 aliphatic rings. The van der Waals surface area contributed by atoms with Gasteiger partial charge in [-0.05, 0) is 54.8 Å². The van der Waals surface area contributed by atoms with E-state index in [1.54, 1.807) is 12.3 Å². The lowest BCUT2D eigenvalue weighted by Gasteiger charge is -2.09. The van der Waals surface area contributed by atoms with Crippen LogP contribution in [0.25, 0.3) is 10.9 Å². The number of halogens is 1. The van der Waals surface area contributed by atoms with Crippen molar-refractivity contribution in [2.45, 2.75) is 13.3 Å². The van der Waals surface area contributed by atoms with E-state index in [1.807, 2.05) is 30.3 Å². The Morgan fingerprint density at radius 3 is 2.71 bits per heavy atom. The summed E-state index contributed by atoms with van der Waals surface area (Å²) in [5.41, 5.74) is 3.21. The van der Waals surface area contributed by atoms with Crippen LogP contribution in [0.5, 0.6) is 0 Å². The molecule has 0 fully saturated rings. The molecule has 0 atom stereocenters. The maximum Gasteiger partial charge on any atom is 0.160 e. The number of benzene rings is 2. The average Bonchev–Trinajstić information content (AvgIpc) is 2.47. The van der Waals surface area contributed by atoms with E-state index in [1.165, 1.54) is 19.1 Å². The number of carbonyl (C=O) groups excluding carboxylic acids is 1. The quantitative estimate of drug-likeness (QED) is 0.674. The summed E-state index contributed by atoms with van der Waals surface area (Å²) in [5.74, 6) is -0.378. The minimum Gasteiger partial charge on any atom is -0.295 e. The maximum atomic E-state index is 13.5. The van der Waals surface area contributed by atoms with Crippen LogP contribution in [0, 0.1) is 5.82 Å². The number of Topliss-reactive ketones (excluding diaryl/α,β-unsaturated/α-hetero) is 1. The molecule has 0 saturated carbocycles. The summed E-state index contributed by atoms with van der Waals surface area (Å²) >= 11 is 0. The Hall–Kier alpha value is -2.55. The van der Waals surface area contributed by atoms with Crippen molar-refractivity contribution in [2.75, 3.05) is 0 Å². The zero-order valence-electron chi connectivity index (χ0n) is 11.6. The predicted octanol–water partition coefficient (Wildman–Crippen LogP) is 4.17. The van der Waals surface area contributed by atoms with Crippen molar-refractivity contribution >= 4 is 16.7 Å². The highest BCUT2D eigenvalue weighted by molar-refractivity contribution is 5.95. The highest BCUT2D eigenvalue weighted by atomic mass is 19.1. The molecule has 2 aromatic carbocycles. The third kappa shape index (κ3) is 2.68. The first-order valence-corrected chi connectivity index (χ1v) is 6.77. The van der Waals surface area contributed by atoms with Gasteiger partial charge >= 0.3 is 0 Å². The van der Waals surface area contributed by atoms with Crippen LogP contribution in [0.4, 0.5) is 4.39 Å². The summed E-state index contributed by atoms with van der Waals surface area (Å²) in [5, 5.41) is 1.03. The van der Waals surface area contributed by atoms with Crippen molar-refractivity contribution in [3.05, 3.63) is 77.2 Å². The first-order valence-electron chi connectivity index (χ1n) is 6.77. The van der Waals surface area contributed by atoms with Crippen molar-refractivity contribution in [1.82, 2.24) is 4.98 Å². The van der Waals surface area contributed by atoms with E-state index >= 15 is 0 Å². The molecule has 21 heavy (non-hydrogen) atoms. The number of carbonyl (C=O) groups is 1. The topological polar surface area (TPSA) is 30.0 Å². The van der Waals surface area contributed by atoms with Gasteiger partial charge in [-0.15, -0.1) is 0 Å². The molecule has 1 heterocycles. The van der Waals surface area contributed by atoms with E-state index in [4.69, 9.17) is 0 Å². The van der Waals surface area contributed by atoms with Gasteiger partial charge < -0.3 is 0 Å². The van der Waals surface area contributed by atoms with Crippen LogP contribution < -0.4 is 0 Å². The summed E-state index contributed by atoms with van der Waals surface area (Å²) in [6.45, 7) is 1.50. The number of rotatable bonds is 3. The monoisotopic (exact) mass is 279 g/mol. The molecular weight excluding hydrogens is 265 g/mol. The van der Waals surface area contributed by atoms with Crippen LogP contribution in [0.3, 0.4) is 0 Å². The van der Waals surface area contributed by atoms with Gasteiger partial charge in [0.2, 0.25) is 0 Å². The molecule has 3 heteroatoms. The smallest absolute Gasteiger partial charge is 0.160 e. The number of hydrogen-bond donors (Lipinski definition) is 0. The normalized spacial score (nSPS) is 10.8. The van der Waals surface area contributed by atoms with Crippen molar-refractivity contribution in [3.8, 4) is 0 Å². The number of nitrogens with zero attached hydrogens (tertiary/aromatic N) is 1. The molecule has 0 aliphatic heterocycles. The van der Waals surface area contributed by atoms with E-state index in [0.29, 0.717) is 17.5 Å². The van der Waals surface area contributed by atoms with Crippen LogP contribution in [0.2, 0.25) is 0 Å². The zero-order chi connectivity index (χ0) is 14.8. The van der Waals surface area contributed by atoms with Crippen LogP contribution in [0.15, 0.2) is 54.7 Å². The lowest BCUT2D eigenvalue weighted by atomic mass is 9.96. The Bertz CT molecular complexity index is 821. The molecule has 0 amide bonds. The van der Waals surface area contributed by atoms with Gasteiger partial charge in [0.1, 0.15) is 5.82 Å². The predicted molar refractivity (Wildman–Crippen MR) is 81.0 cm³/mol. The fourth-order valence-electron chi connectivity index (χ4n) is 2.57. The van der Waals surface area contributed by atoms with Crippen LogP contribution in [0.1, 0.15) is 28.4 Å². The summed E-state index contributed by atoms with van der Waals surface area (Å²) in [7, 11) is 0. The molecule has 0 saturated heterocycles. The van der Waals surface area contributed by atoms with Gasteiger partial charge in [-0.25, -0.2) is 4.39 Å². The fourth-order valence-corrected chi connectivity index (χ4v) is 2.57. The Kier molecular flexibility index (Phi) is 3.48. The number of hydrogen-bond acceptors (Lipinski definition) is 2. The molecule has 3 rings (SSSR count). The van der Waals surface area contributed by atoms with Crippen LogP contribution in [-0.4, -0.2) is 10.8 Å². The van der Waals surface area contributed by atoms with Crippen molar-refractivity contribution in [1.29, 1.82) is 0 Å². The second kappa shape index (κ2) is 5.44. The Balaban J connectivity index is 2.11. The average molecular weight is 279 g/mol. The van der Waals surface area contributed by atoms with Crippen molar-refractivity contribution < 1.29 is 9.18 Å². The summed E-state index contributed by atoms with van der Waals surface area (Å²) in [4.78, 5) is 16.0. The molecule has 2 nitrogen and oxygen atoms in total. The molecular formula is C18H14FNO. The number of pyridine rings is 1. The lowest BCUT2D eigenvalue weighted by molar-refractivity contribution is 0.101. The molecule has 3 aromatic rings. The van der Waals surface area contributed by atoms with Crippen LogP contribution >= 0.6 is 0 Å². The van der Waals surface area contributed by atoms with E-state index in [0.717, 1.165) is 16.5 Å². The first-order chi connectivity index (χ1) is 10.1. The van der Waals surface area contributed by atoms with Gasteiger partial charge in [0.05, 0.1) is 5.52 Å².